The second-order valence-corrected chi connectivity index (χ2v) is 12.0. The first-order chi connectivity index (χ1) is 19.9. The van der Waals surface area contributed by atoms with Gasteiger partial charge in [-0.3, -0.25) is 14.4 Å². The minimum atomic E-state index is -1.04. The van der Waals surface area contributed by atoms with Crippen LogP contribution in [0.5, 0.6) is 5.75 Å². The molecule has 0 aromatic heterocycles. The van der Waals surface area contributed by atoms with E-state index in [0.717, 1.165) is 11.1 Å². The van der Waals surface area contributed by atoms with Crippen LogP contribution in [-0.4, -0.2) is 65.1 Å². The number of benzene rings is 2. The van der Waals surface area contributed by atoms with Gasteiger partial charge in [-0.25, -0.2) is 4.79 Å². The highest BCUT2D eigenvalue weighted by molar-refractivity contribution is 5.95. The van der Waals surface area contributed by atoms with E-state index < -0.39 is 53.6 Å². The molecular weight excluding hydrogens is 536 g/mol. The van der Waals surface area contributed by atoms with Gasteiger partial charge in [-0.1, -0.05) is 56.3 Å². The molecule has 0 saturated carbocycles. The maximum Gasteiger partial charge on any atom is 0.408 e. The number of carbonyl (C=O) groups excluding carboxylic acids is 4. The topological polar surface area (TPSA) is 126 Å². The van der Waals surface area contributed by atoms with Crippen LogP contribution in [0.25, 0.3) is 6.08 Å². The summed E-state index contributed by atoms with van der Waals surface area (Å²) in [6, 6.07) is 13.8. The Kier molecular flexibility index (Phi) is 9.55. The number of amides is 4. The molecule has 3 aliphatic heterocycles. The maximum atomic E-state index is 14.0. The molecule has 2 aromatic carbocycles. The summed E-state index contributed by atoms with van der Waals surface area (Å²) in [6.45, 7) is 9.08. The Labute approximate surface area is 246 Å². The summed E-state index contributed by atoms with van der Waals surface area (Å²) in [6.07, 6.45) is 2.55. The summed E-state index contributed by atoms with van der Waals surface area (Å²) >= 11 is 0. The van der Waals surface area contributed by atoms with Crippen molar-refractivity contribution in [2.75, 3.05) is 6.54 Å². The van der Waals surface area contributed by atoms with E-state index in [0.29, 0.717) is 12.2 Å². The highest BCUT2D eigenvalue weighted by Crippen LogP contribution is 2.27. The molecule has 42 heavy (non-hydrogen) atoms. The SMILES string of the molecule is CC(C)[C@H](NC(=O)OC(C)(C)C)C(=O)N1CC[C@@H]2Oc3ccc(cc3)/C=C/NC(=O)[C@H](Cc3ccccc3)NC(=O)[C@H]21. The third kappa shape index (κ3) is 7.90. The van der Waals surface area contributed by atoms with E-state index in [4.69, 9.17) is 9.47 Å². The molecule has 2 aromatic rings. The van der Waals surface area contributed by atoms with Crippen molar-refractivity contribution in [2.45, 2.75) is 77.3 Å². The highest BCUT2D eigenvalue weighted by Gasteiger charge is 2.46. The molecule has 3 heterocycles. The zero-order valence-electron chi connectivity index (χ0n) is 24.8. The van der Waals surface area contributed by atoms with Crippen LogP contribution in [0, 0.1) is 5.92 Å². The lowest BCUT2D eigenvalue weighted by molar-refractivity contribution is -0.143. The molecule has 4 amide bonds. The second-order valence-electron chi connectivity index (χ2n) is 12.0. The third-order valence-electron chi connectivity index (χ3n) is 7.08. The first-order valence-corrected chi connectivity index (χ1v) is 14.3. The number of alkyl carbamates (subject to hydrolysis) is 1. The fraction of sp³-hybridized carbons (Fsp3) is 0.438. The van der Waals surface area contributed by atoms with E-state index in [1.54, 1.807) is 39.0 Å². The summed E-state index contributed by atoms with van der Waals surface area (Å²) < 4.78 is 11.7. The van der Waals surface area contributed by atoms with Crippen molar-refractivity contribution < 1.29 is 28.7 Å². The van der Waals surface area contributed by atoms with Crippen LogP contribution >= 0.6 is 0 Å². The summed E-state index contributed by atoms with van der Waals surface area (Å²) in [5.74, 6) is -1.07. The van der Waals surface area contributed by atoms with Crippen LogP contribution in [0.3, 0.4) is 0 Å². The van der Waals surface area contributed by atoms with Gasteiger partial charge in [-0.05, 0) is 56.0 Å². The summed E-state index contributed by atoms with van der Waals surface area (Å²) in [5, 5.41) is 8.35. The van der Waals surface area contributed by atoms with Gasteiger partial charge in [0.05, 0.1) is 0 Å². The molecule has 2 bridgehead atoms. The molecule has 224 valence electrons. The molecule has 10 nitrogen and oxygen atoms in total. The monoisotopic (exact) mass is 576 g/mol. The summed E-state index contributed by atoms with van der Waals surface area (Å²) in [4.78, 5) is 55.3. The molecule has 1 saturated heterocycles. The zero-order chi connectivity index (χ0) is 30.4. The Morgan fingerprint density at radius 2 is 1.74 bits per heavy atom. The van der Waals surface area contributed by atoms with Gasteiger partial charge in [0.25, 0.3) is 0 Å². The van der Waals surface area contributed by atoms with Gasteiger partial charge < -0.3 is 30.3 Å². The minimum Gasteiger partial charge on any atom is -0.488 e. The fourth-order valence-electron chi connectivity index (χ4n) is 5.04. The van der Waals surface area contributed by atoms with E-state index in [2.05, 4.69) is 16.0 Å². The molecule has 4 atom stereocenters. The Morgan fingerprint density at radius 3 is 2.38 bits per heavy atom. The average molecular weight is 577 g/mol. The van der Waals surface area contributed by atoms with Crippen LogP contribution in [0.1, 0.15) is 52.2 Å². The molecular formula is C32H40N4O6. The second kappa shape index (κ2) is 13.1. The highest BCUT2D eigenvalue weighted by atomic mass is 16.6. The van der Waals surface area contributed by atoms with Gasteiger partial charge in [0.1, 0.15) is 35.6 Å². The lowest BCUT2D eigenvalue weighted by Gasteiger charge is -2.33. The lowest BCUT2D eigenvalue weighted by Crippen LogP contribution is -2.60. The molecule has 10 heteroatoms. The minimum absolute atomic E-state index is 0.232. The number of nitrogens with zero attached hydrogens (tertiary/aromatic N) is 1. The normalized spacial score (nSPS) is 22.2. The average Bonchev–Trinajstić information content (AvgIpc) is 3.34. The molecule has 5 rings (SSSR count). The van der Waals surface area contributed by atoms with Gasteiger partial charge in [0.15, 0.2) is 0 Å². The van der Waals surface area contributed by atoms with E-state index >= 15 is 0 Å². The predicted octanol–water partition coefficient (Wildman–Crippen LogP) is 3.41. The Bertz CT molecular complexity index is 1300. The smallest absolute Gasteiger partial charge is 0.408 e. The number of carbonyl (C=O) groups is 4. The standard InChI is InChI=1S/C32H40N4O6/c1-20(2)26(35-31(40)42-32(3,4)5)30(39)36-18-16-25-27(36)29(38)34-24(19-22-9-7-6-8-10-22)28(37)33-17-15-21-11-13-23(41-25)14-12-21/h6-15,17,20,24-27H,16,18-19H2,1-5H3,(H,33,37)(H,34,38)(H,35,40)/b17-15+/t24-,25-,26-,27-/m0/s1. The van der Waals surface area contributed by atoms with E-state index in [-0.39, 0.29) is 18.9 Å². The van der Waals surface area contributed by atoms with Crippen LogP contribution in [0.2, 0.25) is 0 Å². The van der Waals surface area contributed by atoms with E-state index in [1.165, 1.54) is 11.1 Å². The van der Waals surface area contributed by atoms with Crippen LogP contribution in [0.4, 0.5) is 4.79 Å². The zero-order valence-corrected chi connectivity index (χ0v) is 24.8. The Morgan fingerprint density at radius 1 is 1.05 bits per heavy atom. The number of fused-ring (bicyclic) bond motifs is 7. The molecule has 3 N–H and O–H groups in total. The molecule has 0 unspecified atom stereocenters. The Balaban J connectivity index is 1.65. The first kappa shape index (κ1) is 30.6. The maximum absolute atomic E-state index is 14.0. The van der Waals surface area contributed by atoms with Crippen molar-refractivity contribution in [1.29, 1.82) is 0 Å². The number of hydrogen-bond donors (Lipinski definition) is 3. The number of rotatable bonds is 5. The molecule has 0 spiro atoms. The summed E-state index contributed by atoms with van der Waals surface area (Å²) in [7, 11) is 0. The number of likely N-dealkylation sites (tertiary alicyclic amines) is 1. The van der Waals surface area contributed by atoms with Crippen molar-refractivity contribution >= 4 is 29.9 Å². The van der Waals surface area contributed by atoms with Crippen molar-refractivity contribution in [3.63, 3.8) is 0 Å². The van der Waals surface area contributed by atoms with Gasteiger partial charge >= 0.3 is 6.09 Å². The fourth-order valence-corrected chi connectivity index (χ4v) is 5.04. The number of nitrogens with one attached hydrogen (secondary N) is 3. The largest absolute Gasteiger partial charge is 0.488 e. The van der Waals surface area contributed by atoms with Gasteiger partial charge in [-0.2, -0.15) is 0 Å². The van der Waals surface area contributed by atoms with Crippen molar-refractivity contribution in [1.82, 2.24) is 20.9 Å². The third-order valence-corrected chi connectivity index (χ3v) is 7.08. The Hall–Kier alpha value is -4.34. The van der Waals surface area contributed by atoms with Crippen molar-refractivity contribution in [2.24, 2.45) is 5.92 Å². The number of ether oxygens (including phenoxy) is 2. The molecule has 0 aliphatic carbocycles. The molecule has 0 radical (unpaired) electrons. The lowest BCUT2D eigenvalue weighted by atomic mass is 10.0. The van der Waals surface area contributed by atoms with Gasteiger partial charge in [0.2, 0.25) is 17.7 Å². The quantitative estimate of drug-likeness (QED) is 0.501. The van der Waals surface area contributed by atoms with E-state index in [9.17, 15) is 19.2 Å². The van der Waals surface area contributed by atoms with Crippen molar-refractivity contribution in [3.05, 3.63) is 71.9 Å². The molecule has 1 fully saturated rings. The van der Waals surface area contributed by atoms with Gasteiger partial charge in [-0.15, -0.1) is 0 Å². The predicted molar refractivity (Wildman–Crippen MR) is 158 cm³/mol. The van der Waals surface area contributed by atoms with Crippen molar-refractivity contribution in [3.8, 4) is 5.75 Å². The van der Waals surface area contributed by atoms with Crippen LogP contribution in [0.15, 0.2) is 60.8 Å². The summed E-state index contributed by atoms with van der Waals surface area (Å²) in [5.41, 5.74) is 0.980. The number of hydrogen-bond acceptors (Lipinski definition) is 6. The van der Waals surface area contributed by atoms with Crippen LogP contribution < -0.4 is 20.7 Å². The molecule has 3 aliphatic rings. The van der Waals surface area contributed by atoms with E-state index in [1.807, 2.05) is 56.3 Å². The van der Waals surface area contributed by atoms with Crippen LogP contribution in [-0.2, 0) is 25.5 Å². The first-order valence-electron chi connectivity index (χ1n) is 14.3. The van der Waals surface area contributed by atoms with Gasteiger partial charge in [0, 0.05) is 25.6 Å².